The number of hydrogen-bond acceptors (Lipinski definition) is 6. The van der Waals surface area contributed by atoms with Crippen molar-refractivity contribution in [2.75, 3.05) is 21.3 Å². The van der Waals surface area contributed by atoms with Gasteiger partial charge in [0.25, 0.3) is 5.91 Å². The number of methoxy groups -OCH3 is 3. The van der Waals surface area contributed by atoms with E-state index in [2.05, 4.69) is 26.5 Å². The standard InChI is InChI=1S/C24H22BrFN2O5/c1-30-20-9-6-17(12-21(20)31-2)24(29)28-27-13-16-10-19(25)23(22(11-16)32-3)33-14-15-4-7-18(26)8-5-15/h4-13H,14H2,1-3H3,(H,28,29)/b27-13+. The Morgan fingerprint density at radius 1 is 0.970 bits per heavy atom. The number of halogens is 2. The molecule has 3 aromatic rings. The summed E-state index contributed by atoms with van der Waals surface area (Å²) in [5, 5.41) is 4.01. The highest BCUT2D eigenvalue weighted by molar-refractivity contribution is 9.10. The number of rotatable bonds is 9. The lowest BCUT2D eigenvalue weighted by Gasteiger charge is -2.13. The second kappa shape index (κ2) is 11.3. The Kier molecular flexibility index (Phi) is 8.26. The summed E-state index contributed by atoms with van der Waals surface area (Å²) >= 11 is 3.47. The van der Waals surface area contributed by atoms with Crippen LogP contribution < -0.4 is 24.4 Å². The van der Waals surface area contributed by atoms with E-state index in [1.807, 2.05) is 0 Å². The third-order valence-corrected chi connectivity index (χ3v) is 5.16. The largest absolute Gasteiger partial charge is 0.493 e. The van der Waals surface area contributed by atoms with Crippen molar-refractivity contribution in [1.82, 2.24) is 5.43 Å². The highest BCUT2D eigenvalue weighted by atomic mass is 79.9. The molecular formula is C24H22BrFN2O5. The quantitative estimate of drug-likeness (QED) is 0.321. The molecular weight excluding hydrogens is 495 g/mol. The fraction of sp³-hybridized carbons (Fsp3) is 0.167. The van der Waals surface area contributed by atoms with Crippen molar-refractivity contribution in [1.29, 1.82) is 0 Å². The predicted molar refractivity (Wildman–Crippen MR) is 126 cm³/mol. The number of hydrazone groups is 1. The first-order chi connectivity index (χ1) is 15.9. The minimum Gasteiger partial charge on any atom is -0.493 e. The maximum Gasteiger partial charge on any atom is 0.271 e. The molecule has 0 fully saturated rings. The Morgan fingerprint density at radius 2 is 1.67 bits per heavy atom. The fourth-order valence-electron chi connectivity index (χ4n) is 2.90. The SMILES string of the molecule is COc1ccc(C(=O)N/N=C/c2cc(Br)c(OCc3ccc(F)cc3)c(OC)c2)cc1OC. The molecule has 0 aliphatic heterocycles. The summed E-state index contributed by atoms with van der Waals surface area (Å²) in [5.41, 5.74) is 4.32. The molecule has 7 nitrogen and oxygen atoms in total. The fourth-order valence-corrected chi connectivity index (χ4v) is 3.47. The highest BCUT2D eigenvalue weighted by Crippen LogP contribution is 2.37. The van der Waals surface area contributed by atoms with E-state index in [1.54, 1.807) is 42.5 Å². The van der Waals surface area contributed by atoms with Crippen molar-refractivity contribution in [2.45, 2.75) is 6.61 Å². The summed E-state index contributed by atoms with van der Waals surface area (Å²) in [4.78, 5) is 12.4. The number of benzene rings is 3. The molecule has 33 heavy (non-hydrogen) atoms. The minimum absolute atomic E-state index is 0.240. The van der Waals surface area contributed by atoms with Gasteiger partial charge in [-0.05, 0) is 69.5 Å². The Bertz CT molecular complexity index is 1150. The first-order valence-corrected chi connectivity index (χ1v) is 10.5. The van der Waals surface area contributed by atoms with Crippen molar-refractivity contribution in [3.05, 3.63) is 81.6 Å². The molecule has 0 heterocycles. The summed E-state index contributed by atoms with van der Waals surface area (Å²) in [6, 6.07) is 14.4. The molecule has 0 saturated carbocycles. The van der Waals surface area contributed by atoms with Crippen molar-refractivity contribution in [3.8, 4) is 23.0 Å². The summed E-state index contributed by atoms with van der Waals surface area (Å²) in [6.45, 7) is 0.240. The van der Waals surface area contributed by atoms with Crippen LogP contribution in [0.5, 0.6) is 23.0 Å². The van der Waals surface area contributed by atoms with Crippen LogP contribution in [0, 0.1) is 5.82 Å². The zero-order valence-corrected chi connectivity index (χ0v) is 19.8. The number of nitrogens with zero attached hydrogens (tertiary/aromatic N) is 1. The number of nitrogens with one attached hydrogen (secondary N) is 1. The van der Waals surface area contributed by atoms with Crippen molar-refractivity contribution < 1.29 is 28.1 Å². The summed E-state index contributed by atoms with van der Waals surface area (Å²) in [7, 11) is 4.54. The van der Waals surface area contributed by atoms with Crippen molar-refractivity contribution >= 4 is 28.1 Å². The van der Waals surface area contributed by atoms with Gasteiger partial charge in [-0.1, -0.05) is 12.1 Å². The topological polar surface area (TPSA) is 78.4 Å². The van der Waals surface area contributed by atoms with Crippen LogP contribution in [0.3, 0.4) is 0 Å². The first-order valence-electron chi connectivity index (χ1n) is 9.75. The van der Waals surface area contributed by atoms with E-state index in [9.17, 15) is 9.18 Å². The second-order valence-corrected chi connectivity index (χ2v) is 7.57. The Hall–Kier alpha value is -3.59. The summed E-state index contributed by atoms with van der Waals surface area (Å²) < 4.78 is 35.4. The first kappa shape index (κ1) is 24.1. The molecule has 0 aromatic heterocycles. The van der Waals surface area contributed by atoms with Gasteiger partial charge in [0.2, 0.25) is 0 Å². The van der Waals surface area contributed by atoms with Gasteiger partial charge in [0.1, 0.15) is 12.4 Å². The van der Waals surface area contributed by atoms with E-state index in [0.29, 0.717) is 38.6 Å². The minimum atomic E-state index is -0.405. The smallest absolute Gasteiger partial charge is 0.271 e. The molecule has 3 rings (SSSR count). The van der Waals surface area contributed by atoms with E-state index in [-0.39, 0.29) is 12.4 Å². The third kappa shape index (κ3) is 6.23. The number of carbonyl (C=O) groups is 1. The van der Waals surface area contributed by atoms with Crippen LogP contribution in [0.4, 0.5) is 4.39 Å². The van der Waals surface area contributed by atoms with Crippen LogP contribution in [0.2, 0.25) is 0 Å². The molecule has 0 unspecified atom stereocenters. The third-order valence-electron chi connectivity index (χ3n) is 4.57. The van der Waals surface area contributed by atoms with Gasteiger partial charge in [-0.2, -0.15) is 5.10 Å². The van der Waals surface area contributed by atoms with E-state index >= 15 is 0 Å². The van der Waals surface area contributed by atoms with Crippen LogP contribution in [0.15, 0.2) is 64.2 Å². The average molecular weight is 517 g/mol. The van der Waals surface area contributed by atoms with Gasteiger partial charge >= 0.3 is 0 Å². The van der Waals surface area contributed by atoms with Gasteiger partial charge in [-0.25, -0.2) is 9.82 Å². The Morgan fingerprint density at radius 3 is 2.33 bits per heavy atom. The molecule has 1 amide bonds. The van der Waals surface area contributed by atoms with E-state index in [1.165, 1.54) is 39.7 Å². The van der Waals surface area contributed by atoms with Crippen molar-refractivity contribution in [3.63, 3.8) is 0 Å². The molecule has 0 atom stereocenters. The summed E-state index contributed by atoms with van der Waals surface area (Å²) in [6.07, 6.45) is 1.48. The van der Waals surface area contributed by atoms with Gasteiger partial charge in [-0.3, -0.25) is 4.79 Å². The average Bonchev–Trinajstić information content (AvgIpc) is 2.83. The predicted octanol–water partition coefficient (Wildman–Crippen LogP) is 4.96. The molecule has 9 heteroatoms. The van der Waals surface area contributed by atoms with Crippen LogP contribution in [0.1, 0.15) is 21.5 Å². The lowest BCUT2D eigenvalue weighted by atomic mass is 10.2. The zero-order chi connectivity index (χ0) is 23.8. The van der Waals surface area contributed by atoms with E-state index in [4.69, 9.17) is 18.9 Å². The molecule has 0 saturated heterocycles. The van der Waals surface area contributed by atoms with Crippen LogP contribution in [-0.2, 0) is 6.61 Å². The lowest BCUT2D eigenvalue weighted by molar-refractivity contribution is 0.0954. The number of amides is 1. The van der Waals surface area contributed by atoms with Crippen LogP contribution in [-0.4, -0.2) is 33.5 Å². The normalized spacial score (nSPS) is 10.7. The molecule has 3 aromatic carbocycles. The number of carbonyl (C=O) groups excluding carboxylic acids is 1. The molecule has 0 spiro atoms. The monoisotopic (exact) mass is 516 g/mol. The Labute approximate surface area is 199 Å². The van der Waals surface area contributed by atoms with Gasteiger partial charge in [0, 0.05) is 5.56 Å². The van der Waals surface area contributed by atoms with Gasteiger partial charge in [-0.15, -0.1) is 0 Å². The van der Waals surface area contributed by atoms with E-state index < -0.39 is 5.91 Å². The molecule has 1 N–H and O–H groups in total. The van der Waals surface area contributed by atoms with Crippen LogP contribution >= 0.6 is 15.9 Å². The van der Waals surface area contributed by atoms with Gasteiger partial charge in [0.15, 0.2) is 23.0 Å². The second-order valence-electron chi connectivity index (χ2n) is 6.72. The molecule has 0 radical (unpaired) electrons. The Balaban J connectivity index is 1.68. The van der Waals surface area contributed by atoms with Crippen molar-refractivity contribution in [2.24, 2.45) is 5.10 Å². The molecule has 0 aliphatic carbocycles. The highest BCUT2D eigenvalue weighted by Gasteiger charge is 2.13. The van der Waals surface area contributed by atoms with Crippen LogP contribution in [0.25, 0.3) is 0 Å². The zero-order valence-electron chi connectivity index (χ0n) is 18.2. The number of ether oxygens (including phenoxy) is 4. The maximum atomic E-state index is 13.1. The molecule has 0 aliphatic rings. The van der Waals surface area contributed by atoms with Gasteiger partial charge in [0.05, 0.1) is 32.0 Å². The lowest BCUT2D eigenvalue weighted by Crippen LogP contribution is -2.17. The summed E-state index contributed by atoms with van der Waals surface area (Å²) in [5.74, 6) is 1.22. The number of hydrogen-bond donors (Lipinski definition) is 1. The van der Waals surface area contributed by atoms with Gasteiger partial charge < -0.3 is 18.9 Å². The molecule has 172 valence electrons. The van der Waals surface area contributed by atoms with E-state index in [0.717, 1.165) is 5.56 Å². The maximum absolute atomic E-state index is 13.1. The molecule has 0 bridgehead atoms.